The topological polar surface area (TPSA) is 91.0 Å². The lowest BCUT2D eigenvalue weighted by molar-refractivity contribution is -0.204. The smallest absolute Gasteiger partial charge is 0.252 e. The van der Waals surface area contributed by atoms with Crippen LogP contribution in [0.5, 0.6) is 0 Å². The van der Waals surface area contributed by atoms with Crippen molar-refractivity contribution in [3.05, 3.63) is 0 Å². The highest BCUT2D eigenvalue weighted by molar-refractivity contribution is 5.85. The zero-order chi connectivity index (χ0) is 12.5. The summed E-state index contributed by atoms with van der Waals surface area (Å²) in [6.45, 7) is 0.926. The monoisotopic (exact) mass is 245 g/mol. The normalized spacial score (nSPS) is 42.6. The van der Waals surface area contributed by atoms with Crippen molar-refractivity contribution in [3.63, 3.8) is 0 Å². The first kappa shape index (κ1) is 12.8. The summed E-state index contributed by atoms with van der Waals surface area (Å²) in [6.07, 6.45) is 0.355. The summed E-state index contributed by atoms with van der Waals surface area (Å²) < 4.78 is 16.2. The van der Waals surface area contributed by atoms with E-state index in [2.05, 4.69) is 0 Å². The van der Waals surface area contributed by atoms with Crippen LogP contribution in [0, 0.1) is 5.92 Å². The number of rotatable bonds is 3. The second-order valence-electron chi connectivity index (χ2n) is 4.58. The lowest BCUT2D eigenvalue weighted by atomic mass is 9.76. The van der Waals surface area contributed by atoms with Crippen LogP contribution in [-0.4, -0.2) is 55.8 Å². The predicted octanol–water partition coefficient (Wildman–Crippen LogP) is -0.957. The summed E-state index contributed by atoms with van der Waals surface area (Å²) in [4.78, 5) is 11.8. The molecule has 6 heteroatoms. The van der Waals surface area contributed by atoms with E-state index in [0.717, 1.165) is 6.42 Å². The van der Waals surface area contributed by atoms with Gasteiger partial charge in [0, 0.05) is 13.7 Å². The van der Waals surface area contributed by atoms with E-state index in [1.807, 2.05) is 0 Å². The minimum absolute atomic E-state index is 0.208. The van der Waals surface area contributed by atoms with Gasteiger partial charge < -0.3 is 25.1 Å². The van der Waals surface area contributed by atoms with Gasteiger partial charge in [-0.1, -0.05) is 0 Å². The maximum Gasteiger partial charge on any atom is 0.252 e. The molecule has 2 unspecified atom stereocenters. The number of amides is 1. The molecule has 0 aromatic carbocycles. The molecule has 2 fully saturated rings. The van der Waals surface area contributed by atoms with Crippen LogP contribution in [0.15, 0.2) is 0 Å². The molecule has 0 bridgehead atoms. The number of aliphatic hydroxyl groups is 1. The van der Waals surface area contributed by atoms with Crippen molar-refractivity contribution in [1.29, 1.82) is 0 Å². The van der Waals surface area contributed by atoms with Crippen LogP contribution in [0.25, 0.3) is 0 Å². The largest absolute Gasteiger partial charge is 0.390 e. The molecule has 2 rings (SSSR count). The van der Waals surface area contributed by atoms with E-state index in [9.17, 15) is 9.90 Å². The molecule has 0 aliphatic carbocycles. The molecule has 0 spiro atoms. The lowest BCUT2D eigenvalue weighted by Crippen LogP contribution is -2.64. The van der Waals surface area contributed by atoms with Crippen molar-refractivity contribution < 1.29 is 24.1 Å². The van der Waals surface area contributed by atoms with Crippen molar-refractivity contribution in [2.45, 2.75) is 30.7 Å². The van der Waals surface area contributed by atoms with Gasteiger partial charge in [0.05, 0.1) is 31.3 Å². The highest BCUT2D eigenvalue weighted by Gasteiger charge is 2.57. The third-order valence-corrected chi connectivity index (χ3v) is 3.70. The second-order valence-corrected chi connectivity index (χ2v) is 4.58. The molecule has 17 heavy (non-hydrogen) atoms. The van der Waals surface area contributed by atoms with Crippen LogP contribution in [0.4, 0.5) is 0 Å². The van der Waals surface area contributed by atoms with Gasteiger partial charge >= 0.3 is 0 Å². The summed E-state index contributed by atoms with van der Waals surface area (Å²) in [5.74, 6) is -1.04. The number of ether oxygens (including phenoxy) is 3. The zero-order valence-electron chi connectivity index (χ0n) is 9.93. The zero-order valence-corrected chi connectivity index (χ0v) is 9.93. The predicted molar refractivity (Wildman–Crippen MR) is 58.2 cm³/mol. The number of primary amides is 1. The Morgan fingerprint density at radius 3 is 2.82 bits per heavy atom. The molecule has 2 saturated heterocycles. The Balaban J connectivity index is 2.32. The molecule has 2 aliphatic heterocycles. The molecule has 0 aromatic rings. The Morgan fingerprint density at radius 1 is 1.53 bits per heavy atom. The summed E-state index contributed by atoms with van der Waals surface area (Å²) in [5, 5.41) is 9.90. The molecule has 0 aromatic heterocycles. The van der Waals surface area contributed by atoms with E-state index in [1.165, 1.54) is 7.11 Å². The molecular weight excluding hydrogens is 226 g/mol. The van der Waals surface area contributed by atoms with E-state index >= 15 is 0 Å². The maximum absolute atomic E-state index is 11.8. The Hall–Kier alpha value is -0.690. The number of carbonyl (C=O) groups is 1. The van der Waals surface area contributed by atoms with E-state index in [0.29, 0.717) is 13.0 Å². The van der Waals surface area contributed by atoms with Crippen LogP contribution in [-0.2, 0) is 19.0 Å². The van der Waals surface area contributed by atoms with Gasteiger partial charge in [-0.15, -0.1) is 0 Å². The van der Waals surface area contributed by atoms with Gasteiger partial charge in [-0.05, 0) is 12.8 Å². The van der Waals surface area contributed by atoms with Gasteiger partial charge in [0.25, 0.3) is 5.91 Å². The van der Waals surface area contributed by atoms with Gasteiger partial charge in [-0.2, -0.15) is 0 Å². The average Bonchev–Trinajstić information content (AvgIpc) is 2.75. The molecule has 6 nitrogen and oxygen atoms in total. The minimum atomic E-state index is -1.26. The first-order chi connectivity index (χ1) is 8.13. The van der Waals surface area contributed by atoms with Crippen molar-refractivity contribution in [1.82, 2.24) is 0 Å². The molecular formula is C11H19NO5. The Labute approximate surface area is 100 Å². The van der Waals surface area contributed by atoms with E-state index < -0.39 is 29.6 Å². The van der Waals surface area contributed by atoms with Crippen LogP contribution in [0.3, 0.4) is 0 Å². The standard InChI is InChI=1S/C11H19NO5/c1-15-9-3-2-4-17-11(9,10(12)14)7-5-16-6-8(7)13/h7-9,13H,2-6H2,1H3,(H2,12,14)/t7-,8-,9?,11?/m0/s1. The fourth-order valence-corrected chi connectivity index (χ4v) is 2.82. The summed E-state index contributed by atoms with van der Waals surface area (Å²) >= 11 is 0. The molecule has 4 atom stereocenters. The van der Waals surface area contributed by atoms with Crippen molar-refractivity contribution in [3.8, 4) is 0 Å². The van der Waals surface area contributed by atoms with Gasteiger partial charge in [0.2, 0.25) is 0 Å². The van der Waals surface area contributed by atoms with Crippen molar-refractivity contribution in [2.75, 3.05) is 26.9 Å². The van der Waals surface area contributed by atoms with Crippen LogP contribution < -0.4 is 5.73 Å². The fraction of sp³-hybridized carbons (Fsp3) is 0.909. The maximum atomic E-state index is 11.8. The third kappa shape index (κ3) is 1.95. The van der Waals surface area contributed by atoms with Crippen molar-refractivity contribution >= 4 is 5.91 Å². The summed E-state index contributed by atoms with van der Waals surface area (Å²) in [5.41, 5.74) is 4.24. The Kier molecular flexibility index (Phi) is 3.67. The molecule has 2 heterocycles. The summed E-state index contributed by atoms with van der Waals surface area (Å²) in [7, 11) is 1.53. The molecule has 98 valence electrons. The van der Waals surface area contributed by atoms with Crippen molar-refractivity contribution in [2.24, 2.45) is 11.7 Å². The van der Waals surface area contributed by atoms with E-state index in [1.54, 1.807) is 0 Å². The SMILES string of the molecule is COC1CCCOC1(C(N)=O)[C@H]1COC[C@@H]1O. The highest BCUT2D eigenvalue weighted by atomic mass is 16.6. The fourth-order valence-electron chi connectivity index (χ4n) is 2.82. The third-order valence-electron chi connectivity index (χ3n) is 3.70. The molecule has 0 saturated carbocycles. The minimum Gasteiger partial charge on any atom is -0.390 e. The quantitative estimate of drug-likeness (QED) is 0.668. The number of hydrogen-bond acceptors (Lipinski definition) is 5. The number of carbonyl (C=O) groups excluding carboxylic acids is 1. The van der Waals surface area contributed by atoms with Crippen LogP contribution in [0.2, 0.25) is 0 Å². The number of methoxy groups -OCH3 is 1. The van der Waals surface area contributed by atoms with Gasteiger partial charge in [0.15, 0.2) is 5.60 Å². The van der Waals surface area contributed by atoms with Crippen LogP contribution in [0.1, 0.15) is 12.8 Å². The van der Waals surface area contributed by atoms with Crippen LogP contribution >= 0.6 is 0 Å². The average molecular weight is 245 g/mol. The molecule has 0 radical (unpaired) electrons. The highest BCUT2D eigenvalue weighted by Crippen LogP contribution is 2.38. The summed E-state index contributed by atoms with van der Waals surface area (Å²) in [6, 6.07) is 0. The number of aliphatic hydroxyl groups excluding tert-OH is 1. The molecule has 1 amide bonds. The first-order valence-electron chi connectivity index (χ1n) is 5.85. The number of nitrogens with two attached hydrogens (primary N) is 1. The van der Waals surface area contributed by atoms with Gasteiger partial charge in [0.1, 0.15) is 0 Å². The second kappa shape index (κ2) is 4.89. The Bertz CT molecular complexity index is 298. The van der Waals surface area contributed by atoms with Gasteiger partial charge in [-0.3, -0.25) is 4.79 Å². The molecule has 2 aliphatic rings. The first-order valence-corrected chi connectivity index (χ1v) is 5.85. The lowest BCUT2D eigenvalue weighted by Gasteiger charge is -2.44. The molecule has 3 N–H and O–H groups in total. The van der Waals surface area contributed by atoms with E-state index in [-0.39, 0.29) is 13.2 Å². The van der Waals surface area contributed by atoms with Gasteiger partial charge in [-0.25, -0.2) is 0 Å². The Morgan fingerprint density at radius 2 is 2.29 bits per heavy atom. The van der Waals surface area contributed by atoms with E-state index in [4.69, 9.17) is 19.9 Å². The number of hydrogen-bond donors (Lipinski definition) is 2.